The molecule has 18 heavy (non-hydrogen) atoms. The highest BCUT2D eigenvalue weighted by molar-refractivity contribution is 6.30. The third-order valence-electron chi connectivity index (χ3n) is 4.33. The van der Waals surface area contributed by atoms with Crippen molar-refractivity contribution in [3.63, 3.8) is 0 Å². The van der Waals surface area contributed by atoms with Crippen molar-refractivity contribution in [1.82, 2.24) is 5.32 Å². The third kappa shape index (κ3) is 2.42. The molecule has 2 saturated heterocycles. The summed E-state index contributed by atoms with van der Waals surface area (Å²) in [4.78, 5) is 0. The molecule has 0 aromatic heterocycles. The Morgan fingerprint density at radius 3 is 2.67 bits per heavy atom. The fourth-order valence-electron chi connectivity index (χ4n) is 3.21. The van der Waals surface area contributed by atoms with E-state index in [1.807, 2.05) is 6.07 Å². The lowest BCUT2D eigenvalue weighted by Crippen LogP contribution is -2.49. The minimum absolute atomic E-state index is 0.229. The van der Waals surface area contributed by atoms with E-state index in [0.717, 1.165) is 37.2 Å². The number of hydrogen-bond donors (Lipinski definition) is 1. The molecule has 1 N–H and O–H groups in total. The quantitative estimate of drug-likeness (QED) is 0.907. The summed E-state index contributed by atoms with van der Waals surface area (Å²) >= 11 is 6.12. The van der Waals surface area contributed by atoms with E-state index in [-0.39, 0.29) is 5.41 Å². The predicted molar refractivity (Wildman–Crippen MR) is 74.2 cm³/mol. The van der Waals surface area contributed by atoms with Crippen LogP contribution in [0, 0.1) is 5.92 Å². The first-order valence-electron chi connectivity index (χ1n) is 6.83. The molecule has 0 bridgehead atoms. The van der Waals surface area contributed by atoms with Crippen molar-refractivity contribution >= 4 is 11.6 Å². The van der Waals surface area contributed by atoms with E-state index in [1.54, 1.807) is 0 Å². The molecule has 2 aliphatic rings. The van der Waals surface area contributed by atoms with E-state index >= 15 is 0 Å². The second kappa shape index (κ2) is 5.20. The predicted octanol–water partition coefficient (Wildman–Crippen LogP) is 3.00. The largest absolute Gasteiger partial charge is 0.379 e. The molecule has 3 rings (SSSR count). The Kier molecular flexibility index (Phi) is 3.60. The highest BCUT2D eigenvalue weighted by Gasteiger charge is 2.42. The Balaban J connectivity index is 1.77. The van der Waals surface area contributed by atoms with Gasteiger partial charge in [0.15, 0.2) is 0 Å². The fourth-order valence-corrected chi connectivity index (χ4v) is 3.40. The van der Waals surface area contributed by atoms with Crippen molar-refractivity contribution in [1.29, 1.82) is 0 Å². The monoisotopic (exact) mass is 265 g/mol. The molecule has 1 aromatic carbocycles. The maximum atomic E-state index is 6.12. The van der Waals surface area contributed by atoms with Gasteiger partial charge >= 0.3 is 0 Å². The van der Waals surface area contributed by atoms with Crippen LogP contribution in [0.15, 0.2) is 24.3 Å². The molecular formula is C15H20ClNO. The van der Waals surface area contributed by atoms with Gasteiger partial charge in [0.1, 0.15) is 0 Å². The number of hydrogen-bond acceptors (Lipinski definition) is 2. The van der Waals surface area contributed by atoms with Crippen molar-refractivity contribution in [3.8, 4) is 0 Å². The number of nitrogens with one attached hydrogen (secondary N) is 1. The van der Waals surface area contributed by atoms with Crippen LogP contribution < -0.4 is 5.32 Å². The van der Waals surface area contributed by atoms with Crippen molar-refractivity contribution in [2.45, 2.75) is 24.7 Å². The summed E-state index contributed by atoms with van der Waals surface area (Å²) < 4.78 is 5.52. The SMILES string of the molecule is Clc1cccc(C2(CC3CCNCC3)COC2)c1. The molecule has 0 aliphatic carbocycles. The first-order valence-corrected chi connectivity index (χ1v) is 7.21. The summed E-state index contributed by atoms with van der Waals surface area (Å²) in [6, 6.07) is 8.32. The van der Waals surface area contributed by atoms with Crippen LogP contribution in [0.3, 0.4) is 0 Å². The summed E-state index contributed by atoms with van der Waals surface area (Å²) in [5.41, 5.74) is 1.59. The molecule has 2 heterocycles. The molecule has 0 saturated carbocycles. The second-order valence-electron chi connectivity index (χ2n) is 5.68. The minimum Gasteiger partial charge on any atom is -0.379 e. The van der Waals surface area contributed by atoms with Gasteiger partial charge in [-0.25, -0.2) is 0 Å². The smallest absolute Gasteiger partial charge is 0.0585 e. The summed E-state index contributed by atoms with van der Waals surface area (Å²) in [6.07, 6.45) is 3.83. The summed E-state index contributed by atoms with van der Waals surface area (Å²) in [7, 11) is 0. The summed E-state index contributed by atoms with van der Waals surface area (Å²) in [5, 5.41) is 4.27. The first-order chi connectivity index (χ1) is 8.78. The normalized spacial score (nSPS) is 23.6. The molecule has 1 aromatic rings. The van der Waals surface area contributed by atoms with Gasteiger partial charge in [-0.1, -0.05) is 23.7 Å². The summed E-state index contributed by atoms with van der Waals surface area (Å²) in [6.45, 7) is 4.04. The molecule has 2 fully saturated rings. The average Bonchev–Trinajstić information content (AvgIpc) is 2.35. The number of halogens is 1. The zero-order valence-corrected chi connectivity index (χ0v) is 11.4. The van der Waals surface area contributed by atoms with Gasteiger partial charge in [0.2, 0.25) is 0 Å². The molecule has 0 atom stereocenters. The van der Waals surface area contributed by atoms with Gasteiger partial charge in [-0.15, -0.1) is 0 Å². The highest BCUT2D eigenvalue weighted by atomic mass is 35.5. The van der Waals surface area contributed by atoms with E-state index in [4.69, 9.17) is 16.3 Å². The maximum absolute atomic E-state index is 6.12. The second-order valence-corrected chi connectivity index (χ2v) is 6.12. The topological polar surface area (TPSA) is 21.3 Å². The van der Waals surface area contributed by atoms with Crippen LogP contribution in [-0.4, -0.2) is 26.3 Å². The van der Waals surface area contributed by atoms with E-state index in [0.29, 0.717) is 0 Å². The van der Waals surface area contributed by atoms with Gasteiger partial charge in [-0.05, 0) is 56.0 Å². The fraction of sp³-hybridized carbons (Fsp3) is 0.600. The van der Waals surface area contributed by atoms with Crippen LogP contribution in [0.1, 0.15) is 24.8 Å². The molecule has 2 nitrogen and oxygen atoms in total. The molecule has 0 amide bonds. The number of piperidine rings is 1. The van der Waals surface area contributed by atoms with Crippen molar-refractivity contribution in [3.05, 3.63) is 34.9 Å². The van der Waals surface area contributed by atoms with Crippen LogP contribution in [0.25, 0.3) is 0 Å². The Labute approximate surface area is 114 Å². The zero-order valence-electron chi connectivity index (χ0n) is 10.6. The van der Waals surface area contributed by atoms with Crippen molar-refractivity contribution < 1.29 is 4.74 Å². The van der Waals surface area contributed by atoms with E-state index in [1.165, 1.54) is 24.8 Å². The van der Waals surface area contributed by atoms with Gasteiger partial charge in [0.05, 0.1) is 13.2 Å². The van der Waals surface area contributed by atoms with E-state index in [2.05, 4.69) is 23.5 Å². The Morgan fingerprint density at radius 1 is 1.28 bits per heavy atom. The van der Waals surface area contributed by atoms with Gasteiger partial charge in [0.25, 0.3) is 0 Å². The number of ether oxygens (including phenoxy) is 1. The standard InChI is InChI=1S/C15H20ClNO/c16-14-3-1-2-13(8-14)15(10-18-11-15)9-12-4-6-17-7-5-12/h1-3,8,12,17H,4-7,9-11H2. The van der Waals surface area contributed by atoms with Crippen LogP contribution in [0.2, 0.25) is 5.02 Å². The van der Waals surface area contributed by atoms with Gasteiger partial charge in [0, 0.05) is 10.4 Å². The lowest BCUT2D eigenvalue weighted by molar-refractivity contribution is -0.0731. The van der Waals surface area contributed by atoms with E-state index < -0.39 is 0 Å². The maximum Gasteiger partial charge on any atom is 0.0585 e. The molecule has 0 spiro atoms. The van der Waals surface area contributed by atoms with Crippen LogP contribution >= 0.6 is 11.6 Å². The number of benzene rings is 1. The minimum atomic E-state index is 0.229. The molecule has 2 aliphatic heterocycles. The summed E-state index contributed by atoms with van der Waals surface area (Å²) in [5.74, 6) is 0.828. The van der Waals surface area contributed by atoms with Crippen molar-refractivity contribution in [2.24, 2.45) is 5.92 Å². The van der Waals surface area contributed by atoms with Crippen molar-refractivity contribution in [2.75, 3.05) is 26.3 Å². The lowest BCUT2D eigenvalue weighted by Gasteiger charge is -2.45. The Morgan fingerprint density at radius 2 is 2.06 bits per heavy atom. The molecule has 98 valence electrons. The molecule has 3 heteroatoms. The van der Waals surface area contributed by atoms with Gasteiger partial charge < -0.3 is 10.1 Å². The van der Waals surface area contributed by atoms with Gasteiger partial charge in [-0.3, -0.25) is 0 Å². The third-order valence-corrected chi connectivity index (χ3v) is 4.57. The number of rotatable bonds is 3. The Bertz CT molecular complexity index is 411. The van der Waals surface area contributed by atoms with Gasteiger partial charge in [-0.2, -0.15) is 0 Å². The van der Waals surface area contributed by atoms with Crippen LogP contribution in [0.5, 0.6) is 0 Å². The van der Waals surface area contributed by atoms with E-state index in [9.17, 15) is 0 Å². The molecule has 0 radical (unpaired) electrons. The van der Waals surface area contributed by atoms with Crippen LogP contribution in [0.4, 0.5) is 0 Å². The average molecular weight is 266 g/mol. The molecule has 0 unspecified atom stereocenters. The zero-order chi connectivity index (χ0) is 12.4. The highest BCUT2D eigenvalue weighted by Crippen LogP contribution is 2.40. The Hall–Kier alpha value is -0.570. The first kappa shape index (κ1) is 12.5. The molecular weight excluding hydrogens is 246 g/mol. The lowest BCUT2D eigenvalue weighted by atomic mass is 9.70. The van der Waals surface area contributed by atoms with Crippen LogP contribution in [-0.2, 0) is 10.2 Å².